The van der Waals surface area contributed by atoms with Crippen molar-refractivity contribution in [1.29, 1.82) is 0 Å². The lowest BCUT2D eigenvalue weighted by Gasteiger charge is -2.19. The maximum absolute atomic E-state index is 12.3. The first-order valence-corrected chi connectivity index (χ1v) is 9.61. The normalized spacial score (nSPS) is 11.7. The van der Waals surface area contributed by atoms with Crippen molar-refractivity contribution < 1.29 is 28.9 Å². The number of carbonyl (C=O) groups excluding carboxylic acids is 1. The number of nitrogens with zero attached hydrogens (tertiary/aromatic N) is 1. The van der Waals surface area contributed by atoms with Gasteiger partial charge in [0, 0.05) is 5.56 Å². The lowest BCUT2D eigenvalue weighted by Crippen LogP contribution is -2.18. The number of ether oxygens (including phenoxy) is 3. The lowest BCUT2D eigenvalue weighted by molar-refractivity contribution is -0.138. The Kier molecular flexibility index (Phi) is 8.61. The van der Waals surface area contributed by atoms with Crippen LogP contribution in [0.1, 0.15) is 59.8 Å². The van der Waals surface area contributed by atoms with E-state index in [-0.39, 0.29) is 24.8 Å². The SMILES string of the molecule is CCCOC(=O)c1cc(C(CC)C(=O)O)c(COCc2ccccc2)c(OC)n1. The molecule has 1 heterocycles. The number of esters is 1. The third-order valence-corrected chi connectivity index (χ3v) is 4.40. The van der Waals surface area contributed by atoms with Crippen LogP contribution in [-0.4, -0.2) is 35.7 Å². The molecule has 1 aromatic heterocycles. The molecule has 0 saturated carbocycles. The van der Waals surface area contributed by atoms with E-state index in [0.717, 1.165) is 5.56 Å². The molecular formula is C22H27NO6. The van der Waals surface area contributed by atoms with Crippen LogP contribution in [0.4, 0.5) is 0 Å². The van der Waals surface area contributed by atoms with Crippen molar-refractivity contribution in [3.8, 4) is 5.88 Å². The van der Waals surface area contributed by atoms with Crippen molar-refractivity contribution in [3.63, 3.8) is 0 Å². The lowest BCUT2D eigenvalue weighted by atomic mass is 9.92. The minimum Gasteiger partial charge on any atom is -0.481 e. The second-order valence-electron chi connectivity index (χ2n) is 6.50. The molecule has 7 nitrogen and oxygen atoms in total. The number of carbonyl (C=O) groups is 2. The molecule has 1 atom stereocenters. The molecule has 1 N–H and O–H groups in total. The first-order valence-electron chi connectivity index (χ1n) is 9.61. The van der Waals surface area contributed by atoms with E-state index in [2.05, 4.69) is 4.98 Å². The Morgan fingerprint density at radius 3 is 2.45 bits per heavy atom. The molecule has 1 unspecified atom stereocenters. The van der Waals surface area contributed by atoms with Gasteiger partial charge in [0.15, 0.2) is 5.69 Å². The number of benzene rings is 1. The Balaban J connectivity index is 2.37. The summed E-state index contributed by atoms with van der Waals surface area (Å²) in [6, 6.07) is 11.1. The minimum atomic E-state index is -0.988. The van der Waals surface area contributed by atoms with E-state index >= 15 is 0 Å². The standard InChI is InChI=1S/C22H27NO6/c1-4-11-29-22(26)19-12-17(16(5-2)21(24)25)18(20(23-19)27-3)14-28-13-15-9-7-6-8-10-15/h6-10,12,16H,4-5,11,13-14H2,1-3H3,(H,24,25). The number of carboxylic acids is 1. The number of aliphatic carboxylic acids is 1. The number of hydrogen-bond donors (Lipinski definition) is 1. The van der Waals surface area contributed by atoms with Gasteiger partial charge in [0.25, 0.3) is 0 Å². The van der Waals surface area contributed by atoms with Gasteiger partial charge in [-0.05, 0) is 30.0 Å². The Hall–Kier alpha value is -2.93. The fraction of sp³-hybridized carbons (Fsp3) is 0.409. The van der Waals surface area contributed by atoms with Crippen LogP contribution in [0.15, 0.2) is 36.4 Å². The van der Waals surface area contributed by atoms with Gasteiger partial charge in [0.1, 0.15) is 0 Å². The molecule has 0 fully saturated rings. The smallest absolute Gasteiger partial charge is 0.357 e. The van der Waals surface area contributed by atoms with Gasteiger partial charge in [-0.1, -0.05) is 44.2 Å². The van der Waals surface area contributed by atoms with Crippen LogP contribution in [0.3, 0.4) is 0 Å². The average molecular weight is 401 g/mol. The fourth-order valence-corrected chi connectivity index (χ4v) is 2.94. The van der Waals surface area contributed by atoms with E-state index in [4.69, 9.17) is 14.2 Å². The van der Waals surface area contributed by atoms with E-state index in [1.54, 1.807) is 6.92 Å². The third-order valence-electron chi connectivity index (χ3n) is 4.40. The van der Waals surface area contributed by atoms with Crippen LogP contribution < -0.4 is 4.74 Å². The summed E-state index contributed by atoms with van der Waals surface area (Å²) in [4.78, 5) is 28.3. The van der Waals surface area contributed by atoms with Crippen LogP contribution in [0.5, 0.6) is 5.88 Å². The molecule has 0 bridgehead atoms. The van der Waals surface area contributed by atoms with Gasteiger partial charge in [0.2, 0.25) is 5.88 Å². The first-order chi connectivity index (χ1) is 14.0. The number of rotatable bonds is 11. The molecule has 29 heavy (non-hydrogen) atoms. The highest BCUT2D eigenvalue weighted by Gasteiger charge is 2.27. The molecule has 2 rings (SSSR count). The molecular weight excluding hydrogens is 374 g/mol. The topological polar surface area (TPSA) is 95.0 Å². The fourth-order valence-electron chi connectivity index (χ4n) is 2.94. The van der Waals surface area contributed by atoms with E-state index in [1.165, 1.54) is 13.2 Å². The molecule has 0 aliphatic heterocycles. The van der Waals surface area contributed by atoms with E-state index < -0.39 is 17.9 Å². The van der Waals surface area contributed by atoms with Crippen molar-refractivity contribution in [3.05, 3.63) is 58.8 Å². The van der Waals surface area contributed by atoms with Gasteiger partial charge in [-0.3, -0.25) is 4.79 Å². The highest BCUT2D eigenvalue weighted by atomic mass is 16.5. The largest absolute Gasteiger partial charge is 0.481 e. The average Bonchev–Trinajstić information content (AvgIpc) is 2.73. The van der Waals surface area contributed by atoms with E-state index in [0.29, 0.717) is 30.6 Å². The zero-order valence-electron chi connectivity index (χ0n) is 17.0. The van der Waals surface area contributed by atoms with E-state index in [1.807, 2.05) is 37.3 Å². The minimum absolute atomic E-state index is 0.0248. The number of pyridine rings is 1. The van der Waals surface area contributed by atoms with Crippen molar-refractivity contribution in [1.82, 2.24) is 4.98 Å². The maximum Gasteiger partial charge on any atom is 0.357 e. The van der Waals surface area contributed by atoms with Gasteiger partial charge < -0.3 is 19.3 Å². The monoisotopic (exact) mass is 401 g/mol. The molecule has 7 heteroatoms. The highest BCUT2D eigenvalue weighted by Crippen LogP contribution is 2.31. The molecule has 0 aliphatic rings. The quantitative estimate of drug-likeness (QED) is 0.570. The molecule has 156 valence electrons. The number of methoxy groups -OCH3 is 1. The second-order valence-corrected chi connectivity index (χ2v) is 6.50. The van der Waals surface area contributed by atoms with Gasteiger partial charge in [-0.25, -0.2) is 9.78 Å². The summed E-state index contributed by atoms with van der Waals surface area (Å²) < 4.78 is 16.3. The zero-order chi connectivity index (χ0) is 21.2. The van der Waals surface area contributed by atoms with Crippen LogP contribution >= 0.6 is 0 Å². The predicted molar refractivity (Wildman–Crippen MR) is 107 cm³/mol. The van der Waals surface area contributed by atoms with Crippen LogP contribution in [-0.2, 0) is 27.5 Å². The Labute approximate surface area is 170 Å². The summed E-state index contributed by atoms with van der Waals surface area (Å²) in [7, 11) is 1.43. The number of aromatic nitrogens is 1. The van der Waals surface area contributed by atoms with Crippen LogP contribution in [0.25, 0.3) is 0 Å². The summed E-state index contributed by atoms with van der Waals surface area (Å²) in [5.41, 5.74) is 1.98. The summed E-state index contributed by atoms with van der Waals surface area (Å²) in [5, 5.41) is 9.67. The zero-order valence-corrected chi connectivity index (χ0v) is 17.0. The van der Waals surface area contributed by atoms with Gasteiger partial charge >= 0.3 is 11.9 Å². The summed E-state index contributed by atoms with van der Waals surface area (Å²) >= 11 is 0. The van der Waals surface area contributed by atoms with Gasteiger partial charge in [0.05, 0.1) is 32.8 Å². The molecule has 0 radical (unpaired) electrons. The number of hydrogen-bond acceptors (Lipinski definition) is 6. The number of carboxylic acid groups (broad SMARTS) is 1. The molecule has 0 amide bonds. The Bertz CT molecular complexity index is 822. The van der Waals surface area contributed by atoms with Gasteiger partial charge in [-0.15, -0.1) is 0 Å². The molecule has 2 aromatic rings. The second kappa shape index (κ2) is 11.2. The third kappa shape index (κ3) is 6.02. The summed E-state index contributed by atoms with van der Waals surface area (Å²) in [5.74, 6) is -2.25. The van der Waals surface area contributed by atoms with Crippen LogP contribution in [0, 0.1) is 0 Å². The molecule has 0 saturated heterocycles. The summed E-state index contributed by atoms with van der Waals surface area (Å²) in [6.45, 7) is 4.38. The van der Waals surface area contributed by atoms with Crippen molar-refractivity contribution in [2.75, 3.05) is 13.7 Å². The van der Waals surface area contributed by atoms with Crippen molar-refractivity contribution in [2.24, 2.45) is 0 Å². The predicted octanol–water partition coefficient (Wildman–Crippen LogP) is 3.95. The van der Waals surface area contributed by atoms with E-state index in [9.17, 15) is 14.7 Å². The Morgan fingerprint density at radius 1 is 1.14 bits per heavy atom. The van der Waals surface area contributed by atoms with Crippen molar-refractivity contribution >= 4 is 11.9 Å². The van der Waals surface area contributed by atoms with Gasteiger partial charge in [-0.2, -0.15) is 0 Å². The molecule has 0 spiro atoms. The van der Waals surface area contributed by atoms with Crippen LogP contribution in [0.2, 0.25) is 0 Å². The Morgan fingerprint density at radius 2 is 1.86 bits per heavy atom. The molecule has 1 aromatic carbocycles. The maximum atomic E-state index is 12.3. The molecule has 0 aliphatic carbocycles. The highest BCUT2D eigenvalue weighted by molar-refractivity contribution is 5.88. The summed E-state index contributed by atoms with van der Waals surface area (Å²) in [6.07, 6.45) is 1.02. The first kappa shape index (κ1) is 22.4. The van der Waals surface area contributed by atoms with Crippen molar-refractivity contribution in [2.45, 2.75) is 45.8 Å².